The Hall–Kier alpha value is -1.68. The maximum absolute atomic E-state index is 10.9. The van der Waals surface area contributed by atoms with E-state index < -0.39 is 0 Å². The summed E-state index contributed by atoms with van der Waals surface area (Å²) in [5.74, 6) is -0.491. The van der Waals surface area contributed by atoms with Gasteiger partial charge in [-0.1, -0.05) is 42.9 Å². The average molecular weight is 250 g/mol. The third-order valence-electron chi connectivity index (χ3n) is 2.70. The Balaban J connectivity index is 0.000000321. The van der Waals surface area contributed by atoms with Crippen LogP contribution in [0.15, 0.2) is 36.5 Å². The molecule has 0 aromatic heterocycles. The first-order chi connectivity index (χ1) is 8.24. The molecule has 4 nitrogen and oxygen atoms in total. The van der Waals surface area contributed by atoms with Crippen LogP contribution in [0.2, 0.25) is 0 Å². The van der Waals surface area contributed by atoms with Crippen LogP contribution in [0.4, 0.5) is 0 Å². The number of hydrogen-bond donors (Lipinski definition) is 2. The maximum Gasteiger partial charge on any atom is 0.230 e. The Labute approximate surface area is 108 Å². The molecule has 4 N–H and O–H groups in total. The zero-order valence-corrected chi connectivity index (χ0v) is 10.7. The minimum atomic E-state index is -0.387. The second-order valence-corrected chi connectivity index (χ2v) is 4.18. The third kappa shape index (κ3) is 6.15. The molecule has 0 radical (unpaired) electrons. The predicted octanol–water partition coefficient (Wildman–Crippen LogP) is 2.32. The van der Waals surface area contributed by atoms with Gasteiger partial charge in [0.2, 0.25) is 5.91 Å². The molecule has 1 aliphatic heterocycles. The van der Waals surface area contributed by atoms with Gasteiger partial charge in [-0.05, 0) is 19.3 Å². The van der Waals surface area contributed by atoms with Gasteiger partial charge in [-0.25, -0.2) is 0 Å². The summed E-state index contributed by atoms with van der Waals surface area (Å²) in [6.07, 6.45) is 12.6. The largest absolute Gasteiger partial charge is 0.355 e. The van der Waals surface area contributed by atoms with Crippen LogP contribution in [0, 0.1) is 5.92 Å². The number of aldehydes is 1. The van der Waals surface area contributed by atoms with Crippen molar-refractivity contribution in [2.75, 3.05) is 6.54 Å². The molecule has 0 aromatic carbocycles. The predicted molar refractivity (Wildman–Crippen MR) is 73.5 cm³/mol. The lowest BCUT2D eigenvalue weighted by Crippen LogP contribution is -2.29. The number of carbonyl (C=O) groups is 2. The van der Waals surface area contributed by atoms with E-state index in [4.69, 9.17) is 0 Å². The monoisotopic (exact) mass is 250 g/mol. The van der Waals surface area contributed by atoms with Crippen molar-refractivity contribution in [2.24, 2.45) is 5.92 Å². The fraction of sp³-hybridized carbons (Fsp3) is 0.429. The van der Waals surface area contributed by atoms with E-state index in [1.54, 1.807) is 0 Å². The van der Waals surface area contributed by atoms with Crippen LogP contribution in [0.5, 0.6) is 0 Å². The molecule has 0 bridgehead atoms. The summed E-state index contributed by atoms with van der Waals surface area (Å²) in [6.45, 7) is 4.50. The highest BCUT2D eigenvalue weighted by molar-refractivity contribution is 5.91. The lowest BCUT2D eigenvalue weighted by atomic mass is 10.1. The van der Waals surface area contributed by atoms with E-state index in [0.717, 1.165) is 38.5 Å². The lowest BCUT2D eigenvalue weighted by Gasteiger charge is -2.02. The highest BCUT2D eigenvalue weighted by atomic mass is 16.2. The van der Waals surface area contributed by atoms with Crippen molar-refractivity contribution in [3.05, 3.63) is 36.5 Å². The van der Waals surface area contributed by atoms with E-state index >= 15 is 0 Å². The van der Waals surface area contributed by atoms with Gasteiger partial charge in [-0.3, -0.25) is 4.79 Å². The highest BCUT2D eigenvalue weighted by Gasteiger charge is 2.18. The van der Waals surface area contributed by atoms with Crippen molar-refractivity contribution >= 4 is 12.2 Å². The SMILES string of the molecule is C=C1C=CC=CC1.N.O=CC1CCCCNC1=O. The van der Waals surface area contributed by atoms with E-state index in [0.29, 0.717) is 0 Å². The zero-order valence-electron chi connectivity index (χ0n) is 10.7. The van der Waals surface area contributed by atoms with Gasteiger partial charge in [0, 0.05) is 6.54 Å². The molecule has 1 fully saturated rings. The Morgan fingerprint density at radius 2 is 2.11 bits per heavy atom. The maximum atomic E-state index is 10.9. The van der Waals surface area contributed by atoms with Crippen LogP contribution in [0.1, 0.15) is 25.7 Å². The van der Waals surface area contributed by atoms with Gasteiger partial charge in [0.1, 0.15) is 6.29 Å². The van der Waals surface area contributed by atoms with Crippen molar-refractivity contribution in [1.82, 2.24) is 11.5 Å². The van der Waals surface area contributed by atoms with E-state index in [2.05, 4.69) is 18.0 Å². The minimum absolute atomic E-state index is 0. The van der Waals surface area contributed by atoms with Crippen molar-refractivity contribution in [3.63, 3.8) is 0 Å². The molecule has 1 unspecified atom stereocenters. The molecule has 1 heterocycles. The molecule has 0 spiro atoms. The van der Waals surface area contributed by atoms with E-state index in [1.807, 2.05) is 18.2 Å². The normalized spacial score (nSPS) is 21.9. The van der Waals surface area contributed by atoms with Crippen LogP contribution >= 0.6 is 0 Å². The quantitative estimate of drug-likeness (QED) is 0.553. The summed E-state index contributed by atoms with van der Waals surface area (Å²) >= 11 is 0. The molecule has 1 amide bonds. The van der Waals surface area contributed by atoms with Crippen LogP contribution < -0.4 is 11.5 Å². The third-order valence-corrected chi connectivity index (χ3v) is 2.70. The molecule has 0 aromatic rings. The molecule has 1 atom stereocenters. The van der Waals surface area contributed by atoms with Crippen molar-refractivity contribution in [1.29, 1.82) is 0 Å². The highest BCUT2D eigenvalue weighted by Crippen LogP contribution is 2.09. The summed E-state index contributed by atoms with van der Waals surface area (Å²) in [7, 11) is 0. The van der Waals surface area contributed by atoms with Gasteiger partial charge in [-0.2, -0.15) is 0 Å². The molecule has 2 aliphatic rings. The van der Waals surface area contributed by atoms with Gasteiger partial charge in [0.05, 0.1) is 5.92 Å². The Morgan fingerprint density at radius 1 is 1.33 bits per heavy atom. The lowest BCUT2D eigenvalue weighted by molar-refractivity contribution is -0.128. The Morgan fingerprint density at radius 3 is 2.61 bits per heavy atom. The van der Waals surface area contributed by atoms with Crippen LogP contribution in [-0.4, -0.2) is 18.7 Å². The van der Waals surface area contributed by atoms with E-state index in [-0.39, 0.29) is 18.0 Å². The van der Waals surface area contributed by atoms with Crippen LogP contribution in [0.25, 0.3) is 0 Å². The van der Waals surface area contributed by atoms with Crippen molar-refractivity contribution < 1.29 is 9.59 Å². The van der Waals surface area contributed by atoms with E-state index in [1.165, 1.54) is 5.57 Å². The van der Waals surface area contributed by atoms with Gasteiger partial charge in [-0.15, -0.1) is 0 Å². The first kappa shape index (κ1) is 16.3. The Bertz CT molecular complexity index is 346. The Kier molecular flexibility index (Phi) is 8.49. The summed E-state index contributed by atoms with van der Waals surface area (Å²) in [6, 6.07) is 0. The van der Waals surface area contributed by atoms with Crippen LogP contribution in [0.3, 0.4) is 0 Å². The minimum Gasteiger partial charge on any atom is -0.355 e. The smallest absolute Gasteiger partial charge is 0.230 e. The number of nitrogens with one attached hydrogen (secondary N) is 1. The summed E-state index contributed by atoms with van der Waals surface area (Å²) in [5.41, 5.74) is 1.20. The van der Waals surface area contributed by atoms with Gasteiger partial charge in [0.25, 0.3) is 0 Å². The first-order valence-corrected chi connectivity index (χ1v) is 5.98. The van der Waals surface area contributed by atoms with Crippen LogP contribution in [-0.2, 0) is 9.59 Å². The summed E-state index contributed by atoms with van der Waals surface area (Å²) < 4.78 is 0. The van der Waals surface area contributed by atoms with Gasteiger partial charge >= 0.3 is 0 Å². The second-order valence-electron chi connectivity index (χ2n) is 4.18. The molecule has 100 valence electrons. The molecular formula is C14H22N2O2. The number of rotatable bonds is 1. The zero-order chi connectivity index (χ0) is 12.5. The van der Waals surface area contributed by atoms with Crippen molar-refractivity contribution in [3.8, 4) is 0 Å². The summed E-state index contributed by atoms with van der Waals surface area (Å²) in [5, 5.41) is 2.68. The number of amides is 1. The first-order valence-electron chi connectivity index (χ1n) is 5.98. The molecule has 4 heteroatoms. The molecule has 18 heavy (non-hydrogen) atoms. The molecule has 1 saturated heterocycles. The number of allylic oxidation sites excluding steroid dienone is 5. The fourth-order valence-corrected chi connectivity index (χ4v) is 1.65. The van der Waals surface area contributed by atoms with Gasteiger partial charge < -0.3 is 16.3 Å². The summed E-state index contributed by atoms with van der Waals surface area (Å²) in [4.78, 5) is 21.2. The second kappa shape index (κ2) is 9.36. The fourth-order valence-electron chi connectivity index (χ4n) is 1.65. The average Bonchev–Trinajstić information content (AvgIpc) is 2.55. The number of carbonyl (C=O) groups excluding carboxylic acids is 2. The van der Waals surface area contributed by atoms with Gasteiger partial charge in [0.15, 0.2) is 0 Å². The topological polar surface area (TPSA) is 81.2 Å². The molecular weight excluding hydrogens is 228 g/mol. The molecule has 0 saturated carbocycles. The van der Waals surface area contributed by atoms with E-state index in [9.17, 15) is 9.59 Å². The molecule has 1 aliphatic carbocycles. The standard InChI is InChI=1S/C7H11NO2.C7H8.H3N/c9-5-6-3-1-2-4-8-7(6)10;1-7-5-3-2-4-6-7;/h5-6H,1-4H2,(H,8,10);2-5H,1,6H2;1H3. The number of hydrogen-bond acceptors (Lipinski definition) is 3. The van der Waals surface area contributed by atoms with Crippen molar-refractivity contribution in [2.45, 2.75) is 25.7 Å². The molecule has 2 rings (SSSR count).